The fraction of sp³-hybridized carbons (Fsp3) is 0.714. The Labute approximate surface area is 56.2 Å². The van der Waals surface area contributed by atoms with Crippen molar-refractivity contribution in [2.24, 2.45) is 5.92 Å². The van der Waals surface area contributed by atoms with Gasteiger partial charge in [0, 0.05) is 6.42 Å². The minimum Gasteiger partial charge on any atom is -0.454 e. The number of hydrogen-bond donors (Lipinski definition) is 0. The highest BCUT2D eigenvalue weighted by molar-refractivity contribution is 5.69. The summed E-state index contributed by atoms with van der Waals surface area (Å²) in [5, 5.41) is 0. The van der Waals surface area contributed by atoms with E-state index in [-0.39, 0.29) is 5.97 Å². The van der Waals surface area contributed by atoms with Gasteiger partial charge in [0.05, 0.1) is 0 Å². The predicted molar refractivity (Wildman–Crippen MR) is 34.5 cm³/mol. The second-order valence-corrected chi connectivity index (χ2v) is 2.21. The van der Waals surface area contributed by atoms with E-state index in [4.69, 9.17) is 0 Å². The van der Waals surface area contributed by atoms with Crippen molar-refractivity contribution in [3.63, 3.8) is 0 Å². The SMILES string of the molecule is [CH]OC(=O)CC(C)CC. The third-order valence-electron chi connectivity index (χ3n) is 1.34. The Morgan fingerprint density at radius 1 is 1.78 bits per heavy atom. The largest absolute Gasteiger partial charge is 0.454 e. The third-order valence-corrected chi connectivity index (χ3v) is 1.34. The molecule has 2 nitrogen and oxygen atoms in total. The summed E-state index contributed by atoms with van der Waals surface area (Å²) in [6, 6.07) is 0. The molecule has 0 N–H and O–H groups in total. The summed E-state index contributed by atoms with van der Waals surface area (Å²) >= 11 is 0. The summed E-state index contributed by atoms with van der Waals surface area (Å²) in [4.78, 5) is 10.4. The van der Waals surface area contributed by atoms with Crippen LogP contribution in [-0.4, -0.2) is 5.97 Å². The first-order valence-electron chi connectivity index (χ1n) is 3.10. The summed E-state index contributed by atoms with van der Waals surface area (Å²) in [6.45, 7) is 4.01. The summed E-state index contributed by atoms with van der Waals surface area (Å²) in [7, 11) is 4.63. The molecule has 0 aromatic carbocycles. The van der Waals surface area contributed by atoms with Crippen LogP contribution in [0.5, 0.6) is 0 Å². The van der Waals surface area contributed by atoms with Crippen LogP contribution in [0.4, 0.5) is 0 Å². The van der Waals surface area contributed by atoms with E-state index in [1.54, 1.807) is 0 Å². The zero-order valence-electron chi connectivity index (χ0n) is 5.89. The van der Waals surface area contributed by atoms with Gasteiger partial charge in [-0.1, -0.05) is 20.3 Å². The van der Waals surface area contributed by atoms with Crippen LogP contribution in [-0.2, 0) is 9.53 Å². The molecule has 0 aliphatic rings. The Kier molecular flexibility index (Phi) is 4.10. The van der Waals surface area contributed by atoms with E-state index in [1.165, 1.54) is 0 Å². The molecular formula is C7H12O2. The van der Waals surface area contributed by atoms with Gasteiger partial charge in [-0.25, -0.2) is 0 Å². The van der Waals surface area contributed by atoms with Gasteiger partial charge in [0.2, 0.25) is 0 Å². The second-order valence-electron chi connectivity index (χ2n) is 2.21. The van der Waals surface area contributed by atoms with Gasteiger partial charge in [0.15, 0.2) is 7.11 Å². The topological polar surface area (TPSA) is 26.3 Å². The molecule has 0 rings (SSSR count). The quantitative estimate of drug-likeness (QED) is 0.540. The van der Waals surface area contributed by atoms with Gasteiger partial charge in [-0.2, -0.15) is 0 Å². The summed E-state index contributed by atoms with van der Waals surface area (Å²) in [5.74, 6) is 0.0467. The van der Waals surface area contributed by atoms with Crippen molar-refractivity contribution in [2.45, 2.75) is 26.7 Å². The van der Waals surface area contributed by atoms with Gasteiger partial charge in [-0.05, 0) is 5.92 Å². The third kappa shape index (κ3) is 4.01. The maximum atomic E-state index is 10.4. The molecule has 1 atom stereocenters. The lowest BCUT2D eigenvalue weighted by Gasteiger charge is -2.03. The first kappa shape index (κ1) is 8.47. The van der Waals surface area contributed by atoms with Crippen molar-refractivity contribution in [1.82, 2.24) is 0 Å². The molecule has 1 unspecified atom stereocenters. The minimum atomic E-state index is -0.329. The van der Waals surface area contributed by atoms with E-state index in [0.717, 1.165) is 6.42 Å². The molecule has 0 aliphatic carbocycles. The van der Waals surface area contributed by atoms with Crippen molar-refractivity contribution in [3.05, 3.63) is 7.11 Å². The van der Waals surface area contributed by atoms with Gasteiger partial charge >= 0.3 is 5.97 Å². The van der Waals surface area contributed by atoms with Crippen LogP contribution in [0.15, 0.2) is 0 Å². The number of carbonyl (C=O) groups is 1. The van der Waals surface area contributed by atoms with Gasteiger partial charge in [-0.3, -0.25) is 4.79 Å². The molecule has 0 aliphatic heterocycles. The molecular weight excluding hydrogens is 116 g/mol. The van der Waals surface area contributed by atoms with Crippen molar-refractivity contribution in [3.8, 4) is 0 Å². The molecule has 9 heavy (non-hydrogen) atoms. The number of ether oxygens (including phenoxy) is 1. The summed E-state index contributed by atoms with van der Waals surface area (Å²) in [5.41, 5.74) is 0. The summed E-state index contributed by atoms with van der Waals surface area (Å²) < 4.78 is 3.98. The molecule has 52 valence electrons. The lowest BCUT2D eigenvalue weighted by Crippen LogP contribution is -2.04. The monoisotopic (exact) mass is 128 g/mol. The van der Waals surface area contributed by atoms with E-state index in [1.807, 2.05) is 13.8 Å². The first-order valence-corrected chi connectivity index (χ1v) is 3.10. The molecule has 0 aromatic heterocycles. The van der Waals surface area contributed by atoms with Gasteiger partial charge in [-0.15, -0.1) is 0 Å². The predicted octanol–water partition coefficient (Wildman–Crippen LogP) is 1.63. The molecule has 0 saturated carbocycles. The molecule has 0 heterocycles. The number of esters is 1. The zero-order valence-corrected chi connectivity index (χ0v) is 5.89. The molecule has 0 spiro atoms. The van der Waals surface area contributed by atoms with E-state index in [2.05, 4.69) is 11.8 Å². The fourth-order valence-electron chi connectivity index (χ4n) is 0.477. The van der Waals surface area contributed by atoms with Crippen LogP contribution in [0.1, 0.15) is 26.7 Å². The van der Waals surface area contributed by atoms with E-state index in [0.29, 0.717) is 12.3 Å². The Morgan fingerprint density at radius 3 is 2.67 bits per heavy atom. The molecule has 0 amide bonds. The van der Waals surface area contributed by atoms with Crippen LogP contribution in [0.25, 0.3) is 0 Å². The Hall–Kier alpha value is -0.530. The van der Waals surface area contributed by atoms with Crippen molar-refractivity contribution < 1.29 is 9.53 Å². The first-order chi connectivity index (χ1) is 4.20. The number of carbonyl (C=O) groups excluding carboxylic acids is 1. The standard InChI is InChI=1S/C7H12O2/c1-4-6(2)5-7(8)9-3/h3,6H,4-5H2,1-2H3. The van der Waals surface area contributed by atoms with Gasteiger partial charge < -0.3 is 4.74 Å². The molecule has 2 heteroatoms. The highest BCUT2D eigenvalue weighted by atomic mass is 16.5. The van der Waals surface area contributed by atoms with E-state index in [9.17, 15) is 4.79 Å². The van der Waals surface area contributed by atoms with Crippen LogP contribution in [0.2, 0.25) is 0 Å². The lowest BCUT2D eigenvalue weighted by atomic mass is 10.1. The highest BCUT2D eigenvalue weighted by Crippen LogP contribution is 2.06. The summed E-state index contributed by atoms with van der Waals surface area (Å²) in [6.07, 6.45) is 1.40. The average Bonchev–Trinajstić information content (AvgIpc) is 1.87. The molecule has 0 fully saturated rings. The fourth-order valence-corrected chi connectivity index (χ4v) is 0.477. The van der Waals surface area contributed by atoms with Crippen LogP contribution in [0.3, 0.4) is 0 Å². The van der Waals surface area contributed by atoms with Crippen LogP contribution >= 0.6 is 0 Å². The normalized spacial score (nSPS) is 12.8. The van der Waals surface area contributed by atoms with Crippen molar-refractivity contribution >= 4 is 5.97 Å². The smallest absolute Gasteiger partial charge is 0.306 e. The Morgan fingerprint density at radius 2 is 2.33 bits per heavy atom. The molecule has 0 bridgehead atoms. The molecule has 0 aromatic rings. The van der Waals surface area contributed by atoms with Gasteiger partial charge in [0.25, 0.3) is 0 Å². The van der Waals surface area contributed by atoms with Gasteiger partial charge in [0.1, 0.15) is 0 Å². The minimum absolute atomic E-state index is 0.329. The zero-order chi connectivity index (χ0) is 7.28. The van der Waals surface area contributed by atoms with Crippen molar-refractivity contribution in [2.75, 3.05) is 0 Å². The second kappa shape index (κ2) is 4.36. The van der Waals surface area contributed by atoms with Crippen molar-refractivity contribution in [1.29, 1.82) is 0 Å². The van der Waals surface area contributed by atoms with E-state index < -0.39 is 0 Å². The average molecular weight is 128 g/mol. The van der Waals surface area contributed by atoms with E-state index >= 15 is 0 Å². The maximum Gasteiger partial charge on any atom is 0.306 e. The van der Waals surface area contributed by atoms with Crippen LogP contribution < -0.4 is 0 Å². The lowest BCUT2D eigenvalue weighted by molar-refractivity contribution is -0.139. The highest BCUT2D eigenvalue weighted by Gasteiger charge is 2.05. The van der Waals surface area contributed by atoms with Crippen LogP contribution in [0, 0.1) is 13.0 Å². The maximum absolute atomic E-state index is 10.4. The number of hydrogen-bond acceptors (Lipinski definition) is 2. The molecule has 0 saturated heterocycles. The Balaban J connectivity index is 3.34. The Bertz CT molecular complexity index is 88.9. The number of rotatable bonds is 3. The molecule has 2 radical (unpaired) electrons.